The minimum atomic E-state index is -0.869. The van der Waals surface area contributed by atoms with E-state index in [0.29, 0.717) is 0 Å². The van der Waals surface area contributed by atoms with Gasteiger partial charge in [0.25, 0.3) is 0 Å². The van der Waals surface area contributed by atoms with Gasteiger partial charge in [0.1, 0.15) is 24.7 Å². The molecule has 4 heteroatoms. The third kappa shape index (κ3) is 8.08. The molecule has 0 atom stereocenters. The van der Waals surface area contributed by atoms with Crippen molar-refractivity contribution in [1.82, 2.24) is 0 Å². The molecule has 0 aliphatic carbocycles. The first-order valence-electron chi connectivity index (χ1n) is 18.6. The van der Waals surface area contributed by atoms with Crippen molar-refractivity contribution in [2.24, 2.45) is 0 Å². The Labute approximate surface area is 309 Å². The van der Waals surface area contributed by atoms with Crippen molar-refractivity contribution in [3.05, 3.63) is 128 Å². The van der Waals surface area contributed by atoms with Crippen LogP contribution in [0.25, 0.3) is 0 Å². The van der Waals surface area contributed by atoms with Crippen LogP contribution in [0.4, 0.5) is 0 Å². The molecule has 0 aromatic heterocycles. The van der Waals surface area contributed by atoms with Crippen LogP contribution in [0, 0.1) is 13.8 Å². The molecule has 0 spiro atoms. The Bertz CT molecular complexity index is 1680. The van der Waals surface area contributed by atoms with Gasteiger partial charge in [-0.25, -0.2) is 0 Å². The molecule has 0 aliphatic heterocycles. The lowest BCUT2D eigenvalue weighted by molar-refractivity contribution is 0.198. The van der Waals surface area contributed by atoms with Crippen molar-refractivity contribution in [3.8, 4) is 11.5 Å². The first-order chi connectivity index (χ1) is 23.6. The fourth-order valence-electron chi connectivity index (χ4n) is 7.86. The highest BCUT2D eigenvalue weighted by Gasteiger charge is 2.50. The summed E-state index contributed by atoms with van der Waals surface area (Å²) in [6.45, 7) is 32.1. The summed E-state index contributed by atoms with van der Waals surface area (Å²) in [5.74, 6) is 1.57. The van der Waals surface area contributed by atoms with Crippen molar-refractivity contribution < 1.29 is 19.7 Å². The maximum atomic E-state index is 10.0. The summed E-state index contributed by atoms with van der Waals surface area (Å²) in [6.07, 6.45) is 0. The minimum absolute atomic E-state index is 0.0760. The van der Waals surface area contributed by atoms with Crippen LogP contribution < -0.4 is 9.47 Å². The van der Waals surface area contributed by atoms with Crippen LogP contribution in [0.3, 0.4) is 0 Å². The maximum absolute atomic E-state index is 10.0. The molecule has 0 saturated heterocycles. The molecule has 4 aromatic rings. The molecule has 0 saturated carbocycles. The normalized spacial score (nSPS) is 13.0. The molecule has 51 heavy (non-hydrogen) atoms. The van der Waals surface area contributed by atoms with E-state index < -0.39 is 5.41 Å². The molecule has 276 valence electrons. The highest BCUT2D eigenvalue weighted by Crippen LogP contribution is 2.58. The van der Waals surface area contributed by atoms with Gasteiger partial charge in [-0.3, -0.25) is 0 Å². The van der Waals surface area contributed by atoms with Crippen LogP contribution in [0.1, 0.15) is 139 Å². The molecule has 4 nitrogen and oxygen atoms in total. The van der Waals surface area contributed by atoms with Gasteiger partial charge in [-0.15, -0.1) is 0 Å². The van der Waals surface area contributed by atoms with Gasteiger partial charge in [0.15, 0.2) is 0 Å². The highest BCUT2D eigenvalue weighted by atomic mass is 16.5. The molecule has 0 amide bonds. The zero-order chi connectivity index (χ0) is 38.2. The Kier molecular flexibility index (Phi) is 11.7. The molecule has 4 rings (SSSR count). The molecule has 4 aromatic carbocycles. The Morgan fingerprint density at radius 2 is 0.804 bits per heavy atom. The van der Waals surface area contributed by atoms with Crippen LogP contribution in [0.15, 0.2) is 72.8 Å². The van der Waals surface area contributed by atoms with Gasteiger partial charge in [-0.2, -0.15) is 0 Å². The second-order valence-corrected chi connectivity index (χ2v) is 18.4. The summed E-state index contributed by atoms with van der Waals surface area (Å²) < 4.78 is 13.1. The number of hydrogen-bond donors (Lipinski definition) is 2. The summed E-state index contributed by atoms with van der Waals surface area (Å²) in [5, 5.41) is 20.1. The molecular formula is C47H64O4. The lowest BCUT2D eigenvalue weighted by Crippen LogP contribution is -2.41. The van der Waals surface area contributed by atoms with Crippen LogP contribution in [0.2, 0.25) is 0 Å². The summed E-state index contributed by atoms with van der Waals surface area (Å²) in [5.41, 5.74) is 9.64. The summed E-state index contributed by atoms with van der Waals surface area (Å²) in [4.78, 5) is 0. The smallest absolute Gasteiger partial charge is 0.123 e. The molecule has 0 radical (unpaired) electrons. The summed E-state index contributed by atoms with van der Waals surface area (Å²) in [7, 11) is 0. The molecule has 0 unspecified atom stereocenters. The number of rotatable bonds is 10. The van der Waals surface area contributed by atoms with E-state index in [-0.39, 0.29) is 48.1 Å². The summed E-state index contributed by atoms with van der Waals surface area (Å²) >= 11 is 0. The average molecular weight is 693 g/mol. The van der Waals surface area contributed by atoms with E-state index in [4.69, 9.17) is 9.47 Å². The van der Waals surface area contributed by atoms with Crippen molar-refractivity contribution in [1.29, 1.82) is 0 Å². The number of ether oxygens (including phenoxy) is 2. The van der Waals surface area contributed by atoms with Gasteiger partial charge < -0.3 is 19.7 Å². The number of benzene rings is 4. The Morgan fingerprint density at radius 3 is 1.08 bits per heavy atom. The van der Waals surface area contributed by atoms with E-state index >= 15 is 0 Å². The van der Waals surface area contributed by atoms with Gasteiger partial charge in [0.2, 0.25) is 0 Å². The minimum Gasteiger partial charge on any atom is -0.491 e. The zero-order valence-corrected chi connectivity index (χ0v) is 34.0. The van der Waals surface area contributed by atoms with E-state index in [0.717, 1.165) is 22.6 Å². The van der Waals surface area contributed by atoms with E-state index in [1.54, 1.807) is 0 Å². The second-order valence-electron chi connectivity index (χ2n) is 18.4. The largest absolute Gasteiger partial charge is 0.491 e. The number of hydrogen-bond acceptors (Lipinski definition) is 4. The van der Waals surface area contributed by atoms with Gasteiger partial charge in [-0.05, 0) is 81.0 Å². The van der Waals surface area contributed by atoms with Crippen LogP contribution in [-0.2, 0) is 27.1 Å². The zero-order valence-electron chi connectivity index (χ0n) is 34.0. The Morgan fingerprint density at radius 1 is 0.451 bits per heavy atom. The topological polar surface area (TPSA) is 58.9 Å². The van der Waals surface area contributed by atoms with E-state index in [1.807, 2.05) is 0 Å². The SMILES string of the molecule is Cc1cccc(C(c2cccc(C)c2)(c2c(C(C)(C)C)ccc(OCCO)c2C(C)(C)C)c2c(C(C)(C)C)ccc(OCCO)c2C(C)(C)C)c1. The first kappa shape index (κ1) is 40.2. The third-order valence-corrected chi connectivity index (χ3v) is 9.80. The van der Waals surface area contributed by atoms with Crippen LogP contribution >= 0.6 is 0 Å². The standard InChI is InChI=1S/C47H64O4/c1-31-17-15-19-33(29-31)47(34-20-16-18-32(2)30-34,39-35(43(3,4)5)21-23-37(50-27-25-48)41(39)45(9,10)11)40-36(44(6,7)8)22-24-38(51-28-26-49)42(40)46(12,13)14/h15-24,29-30,48-49H,25-28H2,1-14H3. The van der Waals surface area contributed by atoms with E-state index in [1.165, 1.54) is 44.5 Å². The van der Waals surface area contributed by atoms with E-state index in [2.05, 4.69) is 170 Å². The molecular weight excluding hydrogens is 629 g/mol. The number of aryl methyl sites for hydroxylation is 2. The quantitative estimate of drug-likeness (QED) is 0.162. The molecule has 2 N–H and O–H groups in total. The fourth-order valence-corrected chi connectivity index (χ4v) is 7.86. The summed E-state index contributed by atoms with van der Waals surface area (Å²) in [6, 6.07) is 26.8. The van der Waals surface area contributed by atoms with Crippen molar-refractivity contribution >= 4 is 0 Å². The highest BCUT2D eigenvalue weighted by molar-refractivity contribution is 5.73. The molecule has 0 fully saturated rings. The molecule has 0 heterocycles. The van der Waals surface area contributed by atoms with Crippen molar-refractivity contribution in [2.45, 2.75) is 124 Å². The molecule has 0 bridgehead atoms. The molecule has 0 aliphatic rings. The van der Waals surface area contributed by atoms with Gasteiger partial charge in [0, 0.05) is 11.1 Å². The van der Waals surface area contributed by atoms with Crippen molar-refractivity contribution in [3.63, 3.8) is 0 Å². The Hall–Kier alpha value is -3.60. The van der Waals surface area contributed by atoms with Crippen molar-refractivity contribution in [2.75, 3.05) is 26.4 Å². The number of aliphatic hydroxyl groups excluding tert-OH is 2. The monoisotopic (exact) mass is 692 g/mol. The second kappa shape index (κ2) is 14.8. The predicted octanol–water partition coefficient (Wildman–Crippen LogP) is 10.6. The van der Waals surface area contributed by atoms with Gasteiger partial charge in [-0.1, -0.05) is 155 Å². The lowest BCUT2D eigenvalue weighted by Gasteiger charge is -2.48. The average Bonchev–Trinajstić information content (AvgIpc) is 3.01. The van der Waals surface area contributed by atoms with Gasteiger partial charge >= 0.3 is 0 Å². The Balaban J connectivity index is 2.62. The maximum Gasteiger partial charge on any atom is 0.123 e. The predicted molar refractivity (Wildman–Crippen MR) is 214 cm³/mol. The first-order valence-corrected chi connectivity index (χ1v) is 18.6. The van der Waals surface area contributed by atoms with Crippen LogP contribution in [0.5, 0.6) is 11.5 Å². The third-order valence-electron chi connectivity index (χ3n) is 9.80. The lowest BCUT2D eigenvalue weighted by atomic mass is 9.54. The van der Waals surface area contributed by atoms with Crippen LogP contribution in [-0.4, -0.2) is 36.6 Å². The number of aliphatic hydroxyl groups is 2. The van der Waals surface area contributed by atoms with Gasteiger partial charge in [0.05, 0.1) is 18.6 Å². The fraction of sp³-hybridized carbons (Fsp3) is 0.489. The van der Waals surface area contributed by atoms with E-state index in [9.17, 15) is 10.2 Å².